The van der Waals surface area contributed by atoms with Gasteiger partial charge in [-0.1, -0.05) is 49.8 Å². The van der Waals surface area contributed by atoms with Crippen molar-refractivity contribution < 1.29 is 9.50 Å². The van der Waals surface area contributed by atoms with Crippen molar-refractivity contribution in [1.29, 1.82) is 0 Å². The Morgan fingerprint density at radius 1 is 1.33 bits per heavy atom. The Hall–Kier alpha value is -1.36. The number of nitrogens with one attached hydrogen (secondary N) is 1. The summed E-state index contributed by atoms with van der Waals surface area (Å²) in [6, 6.07) is 3.57. The van der Waals surface area contributed by atoms with Crippen LogP contribution in [-0.2, 0) is 0 Å². The second-order valence-corrected chi connectivity index (χ2v) is 10.0. The first-order valence-corrected chi connectivity index (χ1v) is 11.8. The average molecular weight is 433 g/mol. The largest absolute Gasteiger partial charge is 0.392 e. The summed E-state index contributed by atoms with van der Waals surface area (Å²) in [7, 11) is 0. The van der Waals surface area contributed by atoms with Crippen molar-refractivity contribution in [3.8, 4) is 0 Å². The number of likely N-dealkylation sites (tertiary alicyclic amines) is 1. The second-order valence-electron chi connectivity index (χ2n) is 9.57. The van der Waals surface area contributed by atoms with Gasteiger partial charge in [-0.2, -0.15) is 0 Å². The van der Waals surface area contributed by atoms with Crippen LogP contribution in [0.4, 0.5) is 10.1 Å². The maximum Gasteiger partial charge on any atom is 0.148 e. The number of allylic oxidation sites excluding steroid dienone is 3. The number of hydrogen-bond donors (Lipinski definition) is 2. The quantitative estimate of drug-likeness (QED) is 0.613. The molecule has 0 radical (unpaired) electrons. The van der Waals surface area contributed by atoms with E-state index in [1.807, 2.05) is 6.07 Å². The third-order valence-corrected chi connectivity index (χ3v) is 7.49. The van der Waals surface area contributed by atoms with Gasteiger partial charge < -0.3 is 15.3 Å². The molecule has 4 rings (SSSR count). The van der Waals surface area contributed by atoms with Crippen molar-refractivity contribution in [2.45, 2.75) is 57.6 Å². The fourth-order valence-electron chi connectivity index (χ4n) is 5.63. The standard InChI is InChI=1S/C25H34ClFN2O/c1-16(14-29-11-10-20(30)15-29)8-9-21-17(2)22-12-19(26)13-23(27)25(22)28-24(21)18-6-4-3-5-7-18/h3-6,12-13,16-18,20-21,24,28,30H,7-11,14-15H2,1-2H3/t16-,17+,18?,20-,21-,24+/m1/s1. The van der Waals surface area contributed by atoms with E-state index in [0.717, 1.165) is 50.9 Å². The number of nitrogens with zero attached hydrogens (tertiary/aromatic N) is 1. The number of rotatable bonds is 6. The minimum atomic E-state index is -0.246. The Morgan fingerprint density at radius 3 is 2.87 bits per heavy atom. The van der Waals surface area contributed by atoms with Gasteiger partial charge >= 0.3 is 0 Å². The number of β-amino-alcohol motifs (C(OH)–C–C–N with tert-alkyl or cyclic N) is 1. The molecule has 1 aromatic carbocycles. The molecule has 1 aromatic rings. The van der Waals surface area contributed by atoms with Crippen molar-refractivity contribution in [1.82, 2.24) is 4.90 Å². The van der Waals surface area contributed by atoms with E-state index in [9.17, 15) is 9.50 Å². The van der Waals surface area contributed by atoms with Crippen LogP contribution in [0.15, 0.2) is 36.4 Å². The number of aliphatic hydroxyl groups is 1. The summed E-state index contributed by atoms with van der Waals surface area (Å²) in [5.74, 6) is 1.36. The highest BCUT2D eigenvalue weighted by Gasteiger charge is 2.38. The maximum atomic E-state index is 14.7. The molecule has 2 aliphatic heterocycles. The molecule has 0 saturated carbocycles. The number of halogens is 2. The number of fused-ring (bicyclic) bond motifs is 1. The zero-order chi connectivity index (χ0) is 21.3. The molecule has 164 valence electrons. The number of aliphatic hydroxyl groups excluding tert-OH is 1. The molecule has 1 unspecified atom stereocenters. The normalized spacial score (nSPS) is 32.1. The monoisotopic (exact) mass is 432 g/mol. The summed E-state index contributed by atoms with van der Waals surface area (Å²) in [4.78, 5) is 2.38. The molecule has 1 saturated heterocycles. The first-order valence-electron chi connectivity index (χ1n) is 11.4. The maximum absolute atomic E-state index is 14.7. The Balaban J connectivity index is 1.50. The minimum absolute atomic E-state index is 0.161. The van der Waals surface area contributed by atoms with Gasteiger partial charge in [-0.05, 0) is 61.1 Å². The summed E-state index contributed by atoms with van der Waals surface area (Å²) in [5.41, 5.74) is 1.64. The van der Waals surface area contributed by atoms with E-state index < -0.39 is 0 Å². The number of benzene rings is 1. The van der Waals surface area contributed by atoms with Gasteiger partial charge in [0.15, 0.2) is 0 Å². The van der Waals surface area contributed by atoms with Gasteiger partial charge in [0.25, 0.3) is 0 Å². The van der Waals surface area contributed by atoms with Crippen LogP contribution in [0, 0.1) is 23.6 Å². The Bertz CT molecular complexity index is 811. The summed E-state index contributed by atoms with van der Waals surface area (Å²) >= 11 is 6.20. The fourth-order valence-corrected chi connectivity index (χ4v) is 5.84. The van der Waals surface area contributed by atoms with Crippen LogP contribution in [0.5, 0.6) is 0 Å². The molecule has 2 N–H and O–H groups in total. The molecule has 0 bridgehead atoms. The molecule has 5 heteroatoms. The van der Waals surface area contributed by atoms with Gasteiger partial charge in [0.05, 0.1) is 11.8 Å². The predicted molar refractivity (Wildman–Crippen MR) is 123 cm³/mol. The molecular formula is C25H34ClFN2O. The second kappa shape index (κ2) is 9.42. The minimum Gasteiger partial charge on any atom is -0.392 e. The molecule has 0 spiro atoms. The summed E-state index contributed by atoms with van der Waals surface area (Å²) < 4.78 is 14.7. The molecule has 2 heterocycles. The number of anilines is 1. The lowest BCUT2D eigenvalue weighted by Crippen LogP contribution is -2.43. The van der Waals surface area contributed by atoms with Gasteiger partial charge in [-0.3, -0.25) is 0 Å². The fraction of sp³-hybridized carbons (Fsp3) is 0.600. The highest BCUT2D eigenvalue weighted by atomic mass is 35.5. The lowest BCUT2D eigenvalue weighted by atomic mass is 9.70. The molecular weight excluding hydrogens is 399 g/mol. The van der Waals surface area contributed by atoms with Gasteiger partial charge in [-0.25, -0.2) is 4.39 Å². The van der Waals surface area contributed by atoms with Crippen LogP contribution >= 0.6 is 11.6 Å². The van der Waals surface area contributed by atoms with Gasteiger partial charge in [0.1, 0.15) is 5.82 Å². The van der Waals surface area contributed by atoms with Crippen LogP contribution in [-0.4, -0.2) is 41.8 Å². The van der Waals surface area contributed by atoms with Crippen LogP contribution in [0.3, 0.4) is 0 Å². The first-order chi connectivity index (χ1) is 14.4. The third kappa shape index (κ3) is 4.76. The highest BCUT2D eigenvalue weighted by molar-refractivity contribution is 6.30. The smallest absolute Gasteiger partial charge is 0.148 e. The van der Waals surface area contributed by atoms with Crippen LogP contribution in [0.2, 0.25) is 5.02 Å². The van der Waals surface area contributed by atoms with Crippen molar-refractivity contribution >= 4 is 17.3 Å². The Labute approximate surface area is 185 Å². The molecule has 1 aliphatic carbocycles. The SMILES string of the molecule is C[C@H](CC[C@@H]1[C@H](C)c2cc(Cl)cc(F)c2N[C@H]1C1C=CC=CC1)CN1CC[C@@H](O)C1. The van der Waals surface area contributed by atoms with Crippen LogP contribution in [0.25, 0.3) is 0 Å². The van der Waals surface area contributed by atoms with Gasteiger partial charge in [0.2, 0.25) is 0 Å². The van der Waals surface area contributed by atoms with E-state index in [1.54, 1.807) is 0 Å². The van der Waals surface area contributed by atoms with Gasteiger partial charge in [-0.15, -0.1) is 0 Å². The summed E-state index contributed by atoms with van der Waals surface area (Å²) in [6.45, 7) is 7.39. The average Bonchev–Trinajstić information content (AvgIpc) is 3.12. The predicted octanol–water partition coefficient (Wildman–Crippen LogP) is 5.61. The van der Waals surface area contributed by atoms with E-state index in [1.165, 1.54) is 6.07 Å². The molecule has 30 heavy (non-hydrogen) atoms. The Morgan fingerprint density at radius 2 is 2.17 bits per heavy atom. The third-order valence-electron chi connectivity index (χ3n) is 7.28. The van der Waals surface area contributed by atoms with E-state index in [4.69, 9.17) is 11.6 Å². The topological polar surface area (TPSA) is 35.5 Å². The zero-order valence-electron chi connectivity index (χ0n) is 18.0. The van der Waals surface area contributed by atoms with Crippen molar-refractivity contribution in [2.24, 2.45) is 17.8 Å². The van der Waals surface area contributed by atoms with E-state index >= 15 is 0 Å². The molecule has 0 amide bonds. The number of hydrogen-bond acceptors (Lipinski definition) is 3. The zero-order valence-corrected chi connectivity index (χ0v) is 18.8. The van der Waals surface area contributed by atoms with E-state index in [-0.39, 0.29) is 23.9 Å². The highest BCUT2D eigenvalue weighted by Crippen LogP contribution is 2.46. The lowest BCUT2D eigenvalue weighted by Gasteiger charge is -2.43. The molecule has 3 nitrogen and oxygen atoms in total. The summed E-state index contributed by atoms with van der Waals surface area (Å²) in [5, 5.41) is 13.8. The lowest BCUT2D eigenvalue weighted by molar-refractivity contribution is 0.168. The van der Waals surface area contributed by atoms with Crippen molar-refractivity contribution in [3.05, 3.63) is 52.8 Å². The molecule has 1 fully saturated rings. The van der Waals surface area contributed by atoms with Crippen LogP contribution < -0.4 is 5.32 Å². The Kier molecular flexibility index (Phi) is 6.86. The van der Waals surface area contributed by atoms with Gasteiger partial charge in [0, 0.05) is 36.6 Å². The van der Waals surface area contributed by atoms with Crippen molar-refractivity contribution in [3.63, 3.8) is 0 Å². The summed E-state index contributed by atoms with van der Waals surface area (Å²) in [6.07, 6.45) is 12.6. The molecule has 0 aromatic heterocycles. The van der Waals surface area contributed by atoms with Crippen LogP contribution in [0.1, 0.15) is 51.0 Å². The van der Waals surface area contributed by atoms with E-state index in [0.29, 0.717) is 28.5 Å². The van der Waals surface area contributed by atoms with Crippen molar-refractivity contribution in [2.75, 3.05) is 25.0 Å². The first kappa shape index (κ1) is 21.9. The molecule has 3 aliphatic rings. The molecule has 6 atom stereocenters. The van der Waals surface area contributed by atoms with E-state index in [2.05, 4.69) is 48.4 Å².